The minimum absolute atomic E-state index is 0.175. The summed E-state index contributed by atoms with van der Waals surface area (Å²) >= 11 is 1.33. The van der Waals surface area contributed by atoms with Crippen molar-refractivity contribution in [1.82, 2.24) is 20.2 Å². The fourth-order valence-electron chi connectivity index (χ4n) is 4.15. The van der Waals surface area contributed by atoms with Gasteiger partial charge in [-0.2, -0.15) is 5.10 Å². The van der Waals surface area contributed by atoms with Gasteiger partial charge in [-0.3, -0.25) is 4.79 Å². The van der Waals surface area contributed by atoms with Crippen LogP contribution in [0.2, 0.25) is 0 Å². The number of carbonyl (C=O) groups excluding carboxylic acids is 1. The first-order chi connectivity index (χ1) is 17.7. The molecule has 0 aliphatic carbocycles. The molecule has 5 rings (SSSR count). The number of benzene rings is 4. The fraction of sp³-hybridized carbons (Fsp3) is 0.143. The second kappa shape index (κ2) is 10.6. The Bertz CT molecular complexity index is 1510. The third-order valence-corrected chi connectivity index (χ3v) is 6.88. The monoisotopic (exact) mass is 495 g/mol. The molecule has 1 amide bonds. The van der Waals surface area contributed by atoms with Crippen LogP contribution in [0.25, 0.3) is 32.9 Å². The highest BCUT2D eigenvalue weighted by Crippen LogP contribution is 2.28. The number of hydrogen-bond donors (Lipinski definition) is 1. The standard InChI is InChI=1S/C28H25N5O2S/c1-3-33-27(19-12-14-22(35-2)15-13-19)31-32-28(33)36-18-26(34)30-29-17-25-23-10-6-4-8-20(23)16-21-9-5-7-11-24(21)25/h4-17H,3,18H2,1-2H3,(H,30,34)/b29-17+. The highest BCUT2D eigenvalue weighted by atomic mass is 32.2. The first-order valence-corrected chi connectivity index (χ1v) is 12.6. The molecule has 5 aromatic rings. The predicted molar refractivity (Wildman–Crippen MR) is 146 cm³/mol. The summed E-state index contributed by atoms with van der Waals surface area (Å²) in [5, 5.41) is 18.0. The van der Waals surface area contributed by atoms with Gasteiger partial charge >= 0.3 is 0 Å². The minimum atomic E-state index is -0.211. The topological polar surface area (TPSA) is 81.4 Å². The van der Waals surface area contributed by atoms with Crippen LogP contribution < -0.4 is 10.2 Å². The van der Waals surface area contributed by atoms with E-state index in [-0.39, 0.29) is 11.7 Å². The number of methoxy groups -OCH3 is 1. The van der Waals surface area contributed by atoms with Crippen molar-refractivity contribution in [1.29, 1.82) is 0 Å². The lowest BCUT2D eigenvalue weighted by Crippen LogP contribution is -2.20. The third kappa shape index (κ3) is 4.81. The number of fused-ring (bicyclic) bond motifs is 2. The second-order valence-corrected chi connectivity index (χ2v) is 9.04. The Morgan fingerprint density at radius 1 is 1.00 bits per heavy atom. The maximum atomic E-state index is 12.6. The van der Waals surface area contributed by atoms with E-state index in [1.165, 1.54) is 11.8 Å². The van der Waals surface area contributed by atoms with E-state index in [1.807, 2.05) is 60.0 Å². The zero-order valence-electron chi connectivity index (χ0n) is 20.0. The number of thioether (sulfide) groups is 1. The molecule has 7 nitrogen and oxygen atoms in total. The zero-order chi connectivity index (χ0) is 24.9. The van der Waals surface area contributed by atoms with E-state index in [0.29, 0.717) is 11.7 Å². The molecule has 180 valence electrons. The lowest BCUT2D eigenvalue weighted by atomic mass is 9.97. The van der Waals surface area contributed by atoms with E-state index in [9.17, 15) is 4.79 Å². The van der Waals surface area contributed by atoms with E-state index in [0.717, 1.165) is 44.2 Å². The summed E-state index contributed by atoms with van der Waals surface area (Å²) in [5.74, 6) is 1.50. The normalized spacial score (nSPS) is 11.4. The summed E-state index contributed by atoms with van der Waals surface area (Å²) in [7, 11) is 1.64. The number of ether oxygens (including phenoxy) is 1. The van der Waals surface area contributed by atoms with Gasteiger partial charge in [0, 0.05) is 17.7 Å². The van der Waals surface area contributed by atoms with Crippen molar-refractivity contribution in [3.63, 3.8) is 0 Å². The number of aromatic nitrogens is 3. The van der Waals surface area contributed by atoms with Crippen molar-refractivity contribution < 1.29 is 9.53 Å². The second-order valence-electron chi connectivity index (χ2n) is 8.09. The van der Waals surface area contributed by atoms with Gasteiger partial charge in [-0.25, -0.2) is 5.43 Å². The quantitative estimate of drug-likeness (QED) is 0.133. The van der Waals surface area contributed by atoms with Crippen LogP contribution in [-0.4, -0.2) is 39.7 Å². The number of carbonyl (C=O) groups is 1. The molecule has 0 spiro atoms. The highest BCUT2D eigenvalue weighted by Gasteiger charge is 2.15. The SMILES string of the molecule is CCn1c(SCC(=O)N/N=C/c2c3ccccc3cc3ccccc23)nnc1-c1ccc(OC)cc1. The summed E-state index contributed by atoms with van der Waals surface area (Å²) in [6, 6.07) is 26.2. The van der Waals surface area contributed by atoms with Crippen LogP contribution in [0.4, 0.5) is 0 Å². The molecule has 0 atom stereocenters. The van der Waals surface area contributed by atoms with Gasteiger partial charge in [-0.05, 0) is 58.8 Å². The Balaban J connectivity index is 1.29. The average Bonchev–Trinajstić information content (AvgIpc) is 3.34. The number of amides is 1. The van der Waals surface area contributed by atoms with Crippen molar-refractivity contribution in [2.24, 2.45) is 5.10 Å². The van der Waals surface area contributed by atoms with E-state index < -0.39 is 0 Å². The van der Waals surface area contributed by atoms with Crippen LogP contribution in [-0.2, 0) is 11.3 Å². The van der Waals surface area contributed by atoms with E-state index in [2.05, 4.69) is 51.1 Å². The highest BCUT2D eigenvalue weighted by molar-refractivity contribution is 7.99. The molecule has 36 heavy (non-hydrogen) atoms. The van der Waals surface area contributed by atoms with Gasteiger partial charge < -0.3 is 9.30 Å². The molecule has 1 heterocycles. The molecular formula is C28H25N5O2S. The van der Waals surface area contributed by atoms with Crippen molar-refractivity contribution in [3.05, 3.63) is 84.4 Å². The minimum Gasteiger partial charge on any atom is -0.497 e. The third-order valence-electron chi connectivity index (χ3n) is 5.91. The fourth-order valence-corrected chi connectivity index (χ4v) is 4.95. The van der Waals surface area contributed by atoms with E-state index in [4.69, 9.17) is 4.74 Å². The number of hydrogen-bond acceptors (Lipinski definition) is 6. The average molecular weight is 496 g/mol. The van der Waals surface area contributed by atoms with Crippen molar-refractivity contribution in [2.45, 2.75) is 18.6 Å². The Kier molecular flexibility index (Phi) is 6.95. The summed E-state index contributed by atoms with van der Waals surface area (Å²) in [6.45, 7) is 2.71. The van der Waals surface area contributed by atoms with Crippen LogP contribution in [0.15, 0.2) is 89.1 Å². The number of rotatable bonds is 8. The molecule has 0 saturated heterocycles. The maximum absolute atomic E-state index is 12.6. The molecule has 0 saturated carbocycles. The first-order valence-electron chi connectivity index (χ1n) is 11.6. The van der Waals surface area contributed by atoms with Gasteiger partial charge in [0.05, 0.1) is 19.1 Å². The molecule has 0 bridgehead atoms. The maximum Gasteiger partial charge on any atom is 0.250 e. The molecule has 1 N–H and O–H groups in total. The van der Waals surface area contributed by atoms with Gasteiger partial charge in [-0.1, -0.05) is 60.3 Å². The van der Waals surface area contributed by atoms with Gasteiger partial charge in [-0.15, -0.1) is 10.2 Å². The smallest absolute Gasteiger partial charge is 0.250 e. The van der Waals surface area contributed by atoms with Gasteiger partial charge in [0.15, 0.2) is 11.0 Å². The Hall–Kier alpha value is -4.17. The molecule has 0 aliphatic rings. The molecule has 4 aromatic carbocycles. The Labute approximate surface area is 213 Å². The van der Waals surface area contributed by atoms with E-state index in [1.54, 1.807) is 13.3 Å². The van der Waals surface area contributed by atoms with Crippen molar-refractivity contribution in [2.75, 3.05) is 12.9 Å². The summed E-state index contributed by atoms with van der Waals surface area (Å²) in [4.78, 5) is 12.6. The van der Waals surface area contributed by atoms with Crippen LogP contribution >= 0.6 is 11.8 Å². The number of nitrogens with one attached hydrogen (secondary N) is 1. The largest absolute Gasteiger partial charge is 0.497 e. The lowest BCUT2D eigenvalue weighted by molar-refractivity contribution is -0.118. The zero-order valence-corrected chi connectivity index (χ0v) is 20.8. The summed E-state index contributed by atoms with van der Waals surface area (Å²) in [6.07, 6.45) is 1.73. The predicted octanol–water partition coefficient (Wildman–Crippen LogP) is 5.52. The summed E-state index contributed by atoms with van der Waals surface area (Å²) in [5.41, 5.74) is 4.57. The Morgan fingerprint density at radius 3 is 2.31 bits per heavy atom. The van der Waals surface area contributed by atoms with Crippen LogP contribution in [0, 0.1) is 0 Å². The molecule has 0 aliphatic heterocycles. The molecule has 0 radical (unpaired) electrons. The van der Waals surface area contributed by atoms with Crippen LogP contribution in [0.1, 0.15) is 12.5 Å². The Morgan fingerprint density at radius 2 is 1.67 bits per heavy atom. The van der Waals surface area contributed by atoms with Gasteiger partial charge in [0.1, 0.15) is 5.75 Å². The van der Waals surface area contributed by atoms with Crippen LogP contribution in [0.3, 0.4) is 0 Å². The van der Waals surface area contributed by atoms with Crippen molar-refractivity contribution >= 4 is 45.4 Å². The van der Waals surface area contributed by atoms with Gasteiger partial charge in [0.25, 0.3) is 5.91 Å². The van der Waals surface area contributed by atoms with Gasteiger partial charge in [0.2, 0.25) is 0 Å². The summed E-state index contributed by atoms with van der Waals surface area (Å²) < 4.78 is 7.22. The van der Waals surface area contributed by atoms with Crippen LogP contribution in [0.5, 0.6) is 5.75 Å². The first kappa shape index (κ1) is 23.6. The lowest BCUT2D eigenvalue weighted by Gasteiger charge is -2.08. The molecule has 1 aromatic heterocycles. The van der Waals surface area contributed by atoms with Crippen molar-refractivity contribution in [3.8, 4) is 17.1 Å². The molecular weight excluding hydrogens is 470 g/mol. The molecule has 0 fully saturated rings. The molecule has 0 unspecified atom stereocenters. The molecule has 8 heteroatoms. The number of hydrazone groups is 1. The number of nitrogens with zero attached hydrogens (tertiary/aromatic N) is 4. The van der Waals surface area contributed by atoms with E-state index >= 15 is 0 Å².